The van der Waals surface area contributed by atoms with Crippen molar-refractivity contribution in [2.75, 3.05) is 0 Å². The summed E-state index contributed by atoms with van der Waals surface area (Å²) in [6, 6.07) is 14.2. The zero-order chi connectivity index (χ0) is 24.9. The van der Waals surface area contributed by atoms with Crippen LogP contribution in [-0.2, 0) is 21.3 Å². The molecule has 0 N–H and O–H groups in total. The zero-order valence-electron chi connectivity index (χ0n) is 22.8. The van der Waals surface area contributed by atoms with E-state index in [0.717, 1.165) is 0 Å². The zero-order valence-corrected chi connectivity index (χ0v) is 25.2. The molecule has 0 radical (unpaired) electrons. The van der Waals surface area contributed by atoms with Crippen molar-refractivity contribution in [1.82, 2.24) is 0 Å². The molecule has 2 aromatic rings. The van der Waals surface area contributed by atoms with Crippen molar-refractivity contribution in [3.8, 4) is 0 Å². The molecule has 0 aromatic heterocycles. The number of aryl methyl sites for hydroxylation is 4. The van der Waals surface area contributed by atoms with Gasteiger partial charge in [0.05, 0.1) is 0 Å². The number of hydrogen-bond acceptors (Lipinski definition) is 0. The standard InChI is InChI=1S/C17H18.2C8H11.Zr/c1-12-5-7-16(14(3)9-12)11-17-8-6-13(2)10-15(17)4;2*1-6-4-7(2)8(3)5-6;/h5-10H,1-4H3;4,8H,1-3H3;4,6H,1-3H3;. The Balaban J connectivity index is 2.21. The average molecular weight is 528 g/mol. The summed E-state index contributed by atoms with van der Waals surface area (Å²) in [7, 11) is 0. The third-order valence-electron chi connectivity index (χ3n) is 8.03. The van der Waals surface area contributed by atoms with E-state index in [4.69, 9.17) is 0 Å². The fourth-order valence-electron chi connectivity index (χ4n) is 6.10. The molecule has 0 aliphatic heterocycles. The van der Waals surface area contributed by atoms with E-state index in [1.54, 1.807) is 15.3 Å². The van der Waals surface area contributed by atoms with Crippen LogP contribution in [0, 0.1) is 39.5 Å². The molecule has 0 fully saturated rings. The molecular weight excluding hydrogens is 488 g/mol. The number of benzene rings is 2. The normalized spacial score (nSPS) is 20.2. The first-order valence-electron chi connectivity index (χ1n) is 12.7. The molecule has 0 spiro atoms. The molecule has 0 heterocycles. The van der Waals surface area contributed by atoms with Gasteiger partial charge in [0.1, 0.15) is 0 Å². The Bertz CT molecular complexity index is 1280. The van der Waals surface area contributed by atoms with E-state index in [9.17, 15) is 0 Å². The van der Waals surface area contributed by atoms with Crippen molar-refractivity contribution in [2.45, 2.75) is 69.2 Å². The quantitative estimate of drug-likeness (QED) is 0.372. The minimum atomic E-state index is -2.56. The molecular formula is C33H40Zr. The van der Waals surface area contributed by atoms with Gasteiger partial charge in [0.15, 0.2) is 0 Å². The van der Waals surface area contributed by atoms with Crippen molar-refractivity contribution in [2.24, 2.45) is 11.8 Å². The third kappa shape index (κ3) is 4.42. The molecule has 0 nitrogen and oxygen atoms in total. The number of allylic oxidation sites excluding steroid dienone is 8. The van der Waals surface area contributed by atoms with Crippen LogP contribution >= 0.6 is 0 Å². The molecule has 2 aromatic carbocycles. The summed E-state index contributed by atoms with van der Waals surface area (Å²) in [6.45, 7) is 23.4. The Morgan fingerprint density at radius 1 is 0.706 bits per heavy atom. The van der Waals surface area contributed by atoms with Crippen LogP contribution in [0.5, 0.6) is 0 Å². The van der Waals surface area contributed by atoms with Crippen molar-refractivity contribution in [1.29, 1.82) is 0 Å². The maximum atomic E-state index is 2.52. The van der Waals surface area contributed by atoms with E-state index in [0.29, 0.717) is 11.8 Å². The van der Waals surface area contributed by atoms with Gasteiger partial charge in [-0.05, 0) is 0 Å². The molecule has 2 aliphatic carbocycles. The fraction of sp³-hybridized carbons (Fsp3) is 0.364. The Morgan fingerprint density at radius 2 is 1.24 bits per heavy atom. The Hall–Kier alpha value is -1.85. The van der Waals surface area contributed by atoms with E-state index >= 15 is 0 Å². The summed E-state index contributed by atoms with van der Waals surface area (Å²) in [5, 5.41) is 0. The monoisotopic (exact) mass is 526 g/mol. The van der Waals surface area contributed by atoms with E-state index < -0.39 is 21.3 Å². The topological polar surface area (TPSA) is 0 Å². The molecule has 4 rings (SSSR count). The number of hydrogen-bond donors (Lipinski definition) is 0. The summed E-state index contributed by atoms with van der Waals surface area (Å²) in [5.74, 6) is 1.06. The van der Waals surface area contributed by atoms with Crippen LogP contribution in [0.1, 0.15) is 74.9 Å². The van der Waals surface area contributed by atoms with Crippen LogP contribution < -0.4 is 0 Å². The molecule has 34 heavy (non-hydrogen) atoms. The SMILES string of the molecule is CC1=CC(C)[C]([Zr]([C]2=C(C)C=C(C)C2C)=[C](c2ccc(C)cc2C)c2ccc(C)cc2C)=C1C. The second-order valence-electron chi connectivity index (χ2n) is 10.8. The Labute approximate surface area is 215 Å². The molecule has 0 saturated carbocycles. The van der Waals surface area contributed by atoms with Gasteiger partial charge in [-0.2, -0.15) is 0 Å². The maximum absolute atomic E-state index is 2.56. The Kier molecular flexibility index (Phi) is 7.17. The summed E-state index contributed by atoms with van der Waals surface area (Å²) >= 11 is -2.56. The minimum absolute atomic E-state index is 0.523. The van der Waals surface area contributed by atoms with Crippen molar-refractivity contribution in [3.05, 3.63) is 111 Å². The number of rotatable bonds is 4. The van der Waals surface area contributed by atoms with Gasteiger partial charge >= 0.3 is 216 Å². The van der Waals surface area contributed by atoms with Gasteiger partial charge in [-0.3, -0.25) is 0 Å². The van der Waals surface area contributed by atoms with Crippen LogP contribution in [0.3, 0.4) is 0 Å². The van der Waals surface area contributed by atoms with Crippen LogP contribution in [0.15, 0.2) is 77.4 Å². The van der Waals surface area contributed by atoms with Gasteiger partial charge < -0.3 is 0 Å². The van der Waals surface area contributed by atoms with Crippen LogP contribution in [0.2, 0.25) is 0 Å². The third-order valence-corrected chi connectivity index (χ3v) is 17.3. The predicted molar refractivity (Wildman–Crippen MR) is 146 cm³/mol. The van der Waals surface area contributed by atoms with Crippen LogP contribution in [0.4, 0.5) is 0 Å². The molecule has 1 heteroatoms. The molecule has 2 unspecified atom stereocenters. The van der Waals surface area contributed by atoms with Crippen LogP contribution in [0.25, 0.3) is 0 Å². The second-order valence-corrected chi connectivity index (χ2v) is 16.5. The average Bonchev–Trinajstić information content (AvgIpc) is 3.15. The fourth-order valence-corrected chi connectivity index (χ4v) is 16.3. The second kappa shape index (κ2) is 9.66. The van der Waals surface area contributed by atoms with Gasteiger partial charge in [0, 0.05) is 0 Å². The van der Waals surface area contributed by atoms with Gasteiger partial charge in [-0.15, -0.1) is 0 Å². The van der Waals surface area contributed by atoms with Crippen molar-refractivity contribution < 1.29 is 21.3 Å². The van der Waals surface area contributed by atoms with Gasteiger partial charge in [-0.25, -0.2) is 0 Å². The summed E-state index contributed by atoms with van der Waals surface area (Å²) in [5.41, 5.74) is 14.6. The summed E-state index contributed by atoms with van der Waals surface area (Å²) in [4.78, 5) is 0. The summed E-state index contributed by atoms with van der Waals surface area (Å²) < 4.78 is 5.23. The van der Waals surface area contributed by atoms with E-state index in [2.05, 4.69) is 118 Å². The van der Waals surface area contributed by atoms with Crippen LogP contribution in [-0.4, -0.2) is 3.21 Å². The first-order chi connectivity index (χ1) is 16.0. The van der Waals surface area contributed by atoms with Gasteiger partial charge in [-0.1, -0.05) is 0 Å². The molecule has 2 atom stereocenters. The van der Waals surface area contributed by atoms with E-state index in [1.807, 2.05) is 0 Å². The van der Waals surface area contributed by atoms with Crippen molar-refractivity contribution in [3.63, 3.8) is 0 Å². The van der Waals surface area contributed by atoms with Gasteiger partial charge in [0.2, 0.25) is 0 Å². The molecule has 0 bridgehead atoms. The molecule has 2 aliphatic rings. The summed E-state index contributed by atoms with van der Waals surface area (Å²) in [6.07, 6.45) is 4.99. The first-order valence-corrected chi connectivity index (χ1v) is 16.4. The molecule has 0 amide bonds. The molecule has 176 valence electrons. The van der Waals surface area contributed by atoms with E-state index in [1.165, 1.54) is 50.1 Å². The first kappa shape index (κ1) is 25.3. The Morgan fingerprint density at radius 3 is 1.62 bits per heavy atom. The predicted octanol–water partition coefficient (Wildman–Crippen LogP) is 8.85. The van der Waals surface area contributed by atoms with Gasteiger partial charge in [0.25, 0.3) is 0 Å². The van der Waals surface area contributed by atoms with Crippen molar-refractivity contribution >= 4 is 3.21 Å². The molecule has 0 saturated heterocycles. The van der Waals surface area contributed by atoms with E-state index in [-0.39, 0.29) is 0 Å².